The number of fused-ring (bicyclic) bond motifs is 6. The van der Waals surface area contributed by atoms with Gasteiger partial charge in [0.25, 0.3) is 0 Å². The Morgan fingerprint density at radius 1 is 0.456 bits per heavy atom. The molecule has 0 amide bonds. The lowest BCUT2D eigenvalue weighted by molar-refractivity contribution is 0.670. The molecule has 8 aromatic carbocycles. The van der Waals surface area contributed by atoms with E-state index in [0.717, 1.165) is 84.4 Å². The number of anilines is 3. The van der Waals surface area contributed by atoms with Crippen LogP contribution in [-0.2, 0) is 0 Å². The number of hydrogen-bond donors (Lipinski definition) is 0. The maximum absolute atomic E-state index is 6.42. The van der Waals surface area contributed by atoms with Crippen LogP contribution in [0.25, 0.3) is 71.3 Å². The molecule has 2 heteroatoms. The smallest absolute Gasteiger partial charge is 0.143 e. The highest BCUT2D eigenvalue weighted by molar-refractivity contribution is 6.13. The maximum Gasteiger partial charge on any atom is 0.143 e. The van der Waals surface area contributed by atoms with Gasteiger partial charge in [-0.15, -0.1) is 0 Å². The van der Waals surface area contributed by atoms with Gasteiger partial charge in [0.2, 0.25) is 0 Å². The summed E-state index contributed by atoms with van der Waals surface area (Å²) >= 11 is 0. The molecule has 0 spiro atoms. The lowest BCUT2D eigenvalue weighted by Crippen LogP contribution is -2.10. The summed E-state index contributed by atoms with van der Waals surface area (Å²) in [5.41, 5.74) is 12.9. The molecule has 0 aliphatic heterocycles. The Hall–Kier alpha value is -7.42. The normalized spacial score (nSPS) is 15.7. The van der Waals surface area contributed by atoms with Crippen molar-refractivity contribution >= 4 is 66.1 Å². The number of benzene rings is 8. The van der Waals surface area contributed by atoms with E-state index in [2.05, 4.69) is 212 Å². The summed E-state index contributed by atoms with van der Waals surface area (Å²) in [5.74, 6) is 0. The molecule has 9 aromatic rings. The van der Waals surface area contributed by atoms with Crippen molar-refractivity contribution < 1.29 is 4.42 Å². The van der Waals surface area contributed by atoms with Crippen molar-refractivity contribution in [1.29, 1.82) is 0 Å². The number of allylic oxidation sites excluding steroid dienone is 9. The first-order valence-electron chi connectivity index (χ1n) is 19.5. The zero-order valence-corrected chi connectivity index (χ0v) is 31.5. The molecule has 0 N–H and O–H groups in total. The second-order valence-corrected chi connectivity index (χ2v) is 14.5. The van der Waals surface area contributed by atoms with Crippen LogP contribution < -0.4 is 4.90 Å². The Bertz CT molecular complexity index is 3080. The van der Waals surface area contributed by atoms with Crippen LogP contribution in [0.4, 0.5) is 17.1 Å². The molecule has 0 radical (unpaired) electrons. The zero-order valence-electron chi connectivity index (χ0n) is 31.5. The summed E-state index contributed by atoms with van der Waals surface area (Å²) in [6, 6.07) is 61.1. The van der Waals surface area contributed by atoms with E-state index in [1.807, 2.05) is 12.1 Å². The summed E-state index contributed by atoms with van der Waals surface area (Å²) < 4.78 is 6.42. The van der Waals surface area contributed by atoms with Crippen molar-refractivity contribution in [3.05, 3.63) is 230 Å². The highest BCUT2D eigenvalue weighted by Gasteiger charge is 2.18. The van der Waals surface area contributed by atoms with E-state index in [1.165, 1.54) is 21.5 Å². The minimum Gasteiger partial charge on any atom is -0.455 e. The van der Waals surface area contributed by atoms with Gasteiger partial charge in [0, 0.05) is 33.1 Å². The van der Waals surface area contributed by atoms with Gasteiger partial charge in [-0.25, -0.2) is 0 Å². The van der Waals surface area contributed by atoms with Gasteiger partial charge >= 0.3 is 0 Å². The largest absolute Gasteiger partial charge is 0.455 e. The Morgan fingerprint density at radius 2 is 1.09 bits per heavy atom. The van der Waals surface area contributed by atoms with Gasteiger partial charge in [-0.2, -0.15) is 0 Å². The van der Waals surface area contributed by atoms with Crippen LogP contribution in [0.15, 0.2) is 229 Å². The van der Waals surface area contributed by atoms with Crippen LogP contribution in [-0.4, -0.2) is 0 Å². The molecule has 2 nitrogen and oxygen atoms in total. The predicted molar refractivity (Wildman–Crippen MR) is 243 cm³/mol. The van der Waals surface area contributed by atoms with Crippen molar-refractivity contribution in [2.24, 2.45) is 0 Å². The Labute approximate surface area is 333 Å². The third kappa shape index (κ3) is 6.38. The molecular weight excluding hydrogens is 691 g/mol. The molecule has 0 saturated carbocycles. The quantitative estimate of drug-likeness (QED) is 0.158. The van der Waals surface area contributed by atoms with Crippen LogP contribution in [0, 0.1) is 0 Å². The van der Waals surface area contributed by atoms with Crippen molar-refractivity contribution in [2.45, 2.75) is 6.42 Å². The molecule has 57 heavy (non-hydrogen) atoms. The number of para-hydroxylation sites is 2. The van der Waals surface area contributed by atoms with Gasteiger partial charge in [-0.1, -0.05) is 183 Å². The Kier molecular flexibility index (Phi) is 8.78. The standard InChI is InChI=1S/C55H39NO/c1-38-14-6-4-2-3-5-7-16-46(38)42-26-24-39(25-27-42)40-28-33-44(34-29-40)56(53-22-13-20-49-47-17-9-8-15-41(47)32-37-50(49)53)45-35-30-43(31-36-45)48-19-12-21-52-51-18-10-11-23-54(51)57-55(48)52/h2,4-37H,1,3H2/b4-2-,7-5-,14-6-,46-16+. The third-order valence-corrected chi connectivity index (χ3v) is 11.1. The SMILES string of the molecule is C=C1/C=C\C=C/C/C=C\C=C/1c1ccc(-c2ccc(N(c3ccc(-c4cccc5c4oc4ccccc45)cc3)c3cccc4c3ccc3ccccc34)cc2)cc1. The average molecular weight is 730 g/mol. The minimum absolute atomic E-state index is 0.905. The molecule has 0 atom stereocenters. The number of hydrogen-bond acceptors (Lipinski definition) is 2. The summed E-state index contributed by atoms with van der Waals surface area (Å²) in [6.45, 7) is 4.34. The average Bonchev–Trinajstić information content (AvgIpc) is 3.66. The third-order valence-electron chi connectivity index (χ3n) is 11.1. The first kappa shape index (κ1) is 34.1. The van der Waals surface area contributed by atoms with E-state index < -0.39 is 0 Å². The van der Waals surface area contributed by atoms with E-state index in [-0.39, 0.29) is 0 Å². The molecule has 0 bridgehead atoms. The Morgan fingerprint density at radius 3 is 1.89 bits per heavy atom. The fourth-order valence-corrected chi connectivity index (χ4v) is 8.18. The van der Waals surface area contributed by atoms with E-state index in [1.54, 1.807) is 0 Å². The minimum atomic E-state index is 0.905. The van der Waals surface area contributed by atoms with Gasteiger partial charge in [-0.05, 0) is 92.4 Å². The topological polar surface area (TPSA) is 16.4 Å². The molecule has 270 valence electrons. The Balaban J connectivity index is 1.04. The first-order valence-corrected chi connectivity index (χ1v) is 19.5. The van der Waals surface area contributed by atoms with Crippen molar-refractivity contribution in [3.8, 4) is 22.3 Å². The molecule has 10 rings (SSSR count). The van der Waals surface area contributed by atoms with Crippen LogP contribution in [0.5, 0.6) is 0 Å². The number of nitrogens with zero attached hydrogens (tertiary/aromatic N) is 1. The van der Waals surface area contributed by atoms with Gasteiger partial charge < -0.3 is 9.32 Å². The zero-order chi connectivity index (χ0) is 38.1. The fourth-order valence-electron chi connectivity index (χ4n) is 8.18. The number of furan rings is 1. The molecule has 1 aliphatic carbocycles. The highest BCUT2D eigenvalue weighted by Crippen LogP contribution is 2.43. The molecule has 1 aromatic heterocycles. The first-order chi connectivity index (χ1) is 28.2. The molecular formula is C55H39NO. The summed E-state index contributed by atoms with van der Waals surface area (Å²) in [5, 5.41) is 7.18. The predicted octanol–water partition coefficient (Wildman–Crippen LogP) is 15.7. The summed E-state index contributed by atoms with van der Waals surface area (Å²) in [6.07, 6.45) is 15.7. The monoisotopic (exact) mass is 729 g/mol. The molecule has 0 saturated heterocycles. The molecule has 1 heterocycles. The molecule has 0 unspecified atom stereocenters. The van der Waals surface area contributed by atoms with Crippen LogP contribution >= 0.6 is 0 Å². The van der Waals surface area contributed by atoms with Crippen LogP contribution in [0.1, 0.15) is 12.0 Å². The van der Waals surface area contributed by atoms with E-state index in [0.29, 0.717) is 0 Å². The van der Waals surface area contributed by atoms with E-state index >= 15 is 0 Å². The van der Waals surface area contributed by atoms with E-state index in [9.17, 15) is 0 Å². The number of rotatable bonds is 6. The van der Waals surface area contributed by atoms with Gasteiger partial charge in [0.1, 0.15) is 11.2 Å². The van der Waals surface area contributed by atoms with Gasteiger partial charge in [0.05, 0.1) is 5.69 Å². The van der Waals surface area contributed by atoms with Crippen molar-refractivity contribution in [3.63, 3.8) is 0 Å². The fraction of sp³-hybridized carbons (Fsp3) is 0.0182. The van der Waals surface area contributed by atoms with Crippen molar-refractivity contribution in [1.82, 2.24) is 0 Å². The van der Waals surface area contributed by atoms with Gasteiger partial charge in [-0.3, -0.25) is 0 Å². The lowest BCUT2D eigenvalue weighted by Gasteiger charge is -2.27. The second-order valence-electron chi connectivity index (χ2n) is 14.5. The summed E-state index contributed by atoms with van der Waals surface area (Å²) in [7, 11) is 0. The summed E-state index contributed by atoms with van der Waals surface area (Å²) in [4.78, 5) is 2.38. The lowest BCUT2D eigenvalue weighted by atomic mass is 9.95. The van der Waals surface area contributed by atoms with Crippen molar-refractivity contribution in [2.75, 3.05) is 4.90 Å². The van der Waals surface area contributed by atoms with E-state index in [4.69, 9.17) is 4.42 Å². The highest BCUT2D eigenvalue weighted by atomic mass is 16.3. The van der Waals surface area contributed by atoms with Crippen LogP contribution in [0.2, 0.25) is 0 Å². The molecule has 0 fully saturated rings. The van der Waals surface area contributed by atoms with Gasteiger partial charge in [0.15, 0.2) is 0 Å². The molecule has 1 aliphatic rings. The second kappa shape index (κ2) is 14.7. The van der Waals surface area contributed by atoms with Crippen LogP contribution in [0.3, 0.4) is 0 Å². The maximum atomic E-state index is 6.42.